The highest BCUT2D eigenvalue weighted by molar-refractivity contribution is 7.92. The smallest absolute Gasteiger partial charge is 0.262 e. The third-order valence-electron chi connectivity index (χ3n) is 5.58. The van der Waals surface area contributed by atoms with Crippen molar-refractivity contribution in [3.05, 3.63) is 95.6 Å². The maximum atomic E-state index is 13.5. The van der Waals surface area contributed by atoms with Gasteiger partial charge in [0, 0.05) is 11.5 Å². The molecule has 32 heavy (non-hydrogen) atoms. The van der Waals surface area contributed by atoms with Crippen LogP contribution >= 0.6 is 0 Å². The summed E-state index contributed by atoms with van der Waals surface area (Å²) < 4.78 is 54.8. The number of rotatable bonds is 5. The molecule has 0 unspecified atom stereocenters. The minimum absolute atomic E-state index is 0.167. The van der Waals surface area contributed by atoms with E-state index in [1.165, 1.54) is 11.1 Å². The van der Waals surface area contributed by atoms with Gasteiger partial charge in [0.05, 0.1) is 22.1 Å². The zero-order valence-corrected chi connectivity index (χ0v) is 17.7. The lowest BCUT2D eigenvalue weighted by Gasteiger charge is -2.16. The molecule has 0 saturated heterocycles. The predicted octanol–water partition coefficient (Wildman–Crippen LogP) is 5.41. The first kappa shape index (κ1) is 20.4. The van der Waals surface area contributed by atoms with Crippen molar-refractivity contribution in [2.45, 2.75) is 23.8 Å². The first-order valence-electron chi connectivity index (χ1n) is 10.1. The highest BCUT2D eigenvalue weighted by Gasteiger charge is 2.22. The van der Waals surface area contributed by atoms with Gasteiger partial charge in [-0.15, -0.1) is 0 Å². The van der Waals surface area contributed by atoms with Crippen molar-refractivity contribution in [2.24, 2.45) is 0 Å². The minimum atomic E-state index is -4.19. The molecule has 1 aromatic heterocycles. The van der Waals surface area contributed by atoms with Crippen LogP contribution in [-0.4, -0.2) is 13.4 Å². The van der Waals surface area contributed by atoms with Crippen molar-refractivity contribution in [1.82, 2.24) is 4.98 Å². The topological polar surface area (TPSA) is 71.1 Å². The van der Waals surface area contributed by atoms with Gasteiger partial charge >= 0.3 is 0 Å². The first-order chi connectivity index (χ1) is 15.4. The van der Waals surface area contributed by atoms with Crippen molar-refractivity contribution in [2.75, 3.05) is 10.0 Å². The van der Waals surface area contributed by atoms with Crippen LogP contribution in [0, 0.1) is 11.6 Å². The molecule has 1 heterocycles. The predicted molar refractivity (Wildman–Crippen MR) is 120 cm³/mol. The lowest BCUT2D eigenvalue weighted by Crippen LogP contribution is -2.14. The lowest BCUT2D eigenvalue weighted by atomic mass is 10.1. The van der Waals surface area contributed by atoms with Gasteiger partial charge in [-0.2, -0.15) is 0 Å². The third kappa shape index (κ3) is 3.89. The number of anilines is 2. The van der Waals surface area contributed by atoms with Gasteiger partial charge in [0.2, 0.25) is 0 Å². The number of fused-ring (bicyclic) bond motifs is 2. The van der Waals surface area contributed by atoms with Gasteiger partial charge in [-0.1, -0.05) is 30.3 Å². The van der Waals surface area contributed by atoms with E-state index in [-0.39, 0.29) is 11.7 Å². The Hall–Kier alpha value is -3.52. The molecule has 1 aliphatic rings. The Bertz CT molecular complexity index is 1420. The quantitative estimate of drug-likeness (QED) is 0.425. The molecule has 0 aliphatic heterocycles. The summed E-state index contributed by atoms with van der Waals surface area (Å²) in [6.07, 6.45) is 1.98. The molecule has 0 amide bonds. The van der Waals surface area contributed by atoms with Crippen LogP contribution in [0.1, 0.15) is 23.6 Å². The SMILES string of the molecule is O=S(=O)(Nc1cccc2nc(N[C@@H]3CCc4ccccc43)ccc12)c1cc(F)cc(F)c1. The molecule has 2 N–H and O–H groups in total. The van der Waals surface area contributed by atoms with Crippen molar-refractivity contribution in [3.63, 3.8) is 0 Å². The number of aromatic nitrogens is 1. The summed E-state index contributed by atoms with van der Waals surface area (Å²) in [6, 6.07) is 19.3. The Balaban J connectivity index is 1.43. The fraction of sp³-hybridized carbons (Fsp3) is 0.125. The number of nitrogens with zero attached hydrogens (tertiary/aromatic N) is 1. The highest BCUT2D eigenvalue weighted by Crippen LogP contribution is 2.34. The molecular formula is C24H19F2N3O2S. The second-order valence-electron chi connectivity index (χ2n) is 7.71. The average molecular weight is 451 g/mol. The van der Waals surface area contributed by atoms with Crippen molar-refractivity contribution >= 4 is 32.4 Å². The monoisotopic (exact) mass is 451 g/mol. The Morgan fingerprint density at radius 1 is 0.906 bits per heavy atom. The molecule has 0 saturated carbocycles. The number of pyridine rings is 1. The Morgan fingerprint density at radius 2 is 1.69 bits per heavy atom. The fourth-order valence-electron chi connectivity index (χ4n) is 4.10. The largest absolute Gasteiger partial charge is 0.363 e. The number of halogens is 2. The summed E-state index contributed by atoms with van der Waals surface area (Å²) in [5.41, 5.74) is 3.46. The molecule has 162 valence electrons. The van der Waals surface area contributed by atoms with Gasteiger partial charge < -0.3 is 5.32 Å². The summed E-state index contributed by atoms with van der Waals surface area (Å²) in [7, 11) is -4.19. The Labute approximate surface area is 184 Å². The van der Waals surface area contributed by atoms with E-state index < -0.39 is 26.6 Å². The van der Waals surface area contributed by atoms with Gasteiger partial charge in [-0.3, -0.25) is 4.72 Å². The average Bonchev–Trinajstić information content (AvgIpc) is 3.16. The van der Waals surface area contributed by atoms with E-state index in [1.54, 1.807) is 30.3 Å². The molecule has 4 aromatic rings. The van der Waals surface area contributed by atoms with Crippen LogP contribution < -0.4 is 10.0 Å². The molecule has 1 atom stereocenters. The lowest BCUT2D eigenvalue weighted by molar-refractivity contribution is 0.568. The summed E-state index contributed by atoms with van der Waals surface area (Å²) in [4.78, 5) is 4.15. The normalized spacial score (nSPS) is 15.5. The van der Waals surface area contributed by atoms with Crippen LogP contribution in [0.4, 0.5) is 20.3 Å². The zero-order valence-electron chi connectivity index (χ0n) is 16.8. The molecule has 0 spiro atoms. The number of hydrogen-bond acceptors (Lipinski definition) is 4. The molecule has 8 heteroatoms. The molecule has 5 rings (SSSR count). The maximum Gasteiger partial charge on any atom is 0.262 e. The van der Waals surface area contributed by atoms with Crippen molar-refractivity contribution < 1.29 is 17.2 Å². The van der Waals surface area contributed by atoms with E-state index in [9.17, 15) is 17.2 Å². The molecule has 3 aromatic carbocycles. The number of sulfonamides is 1. The minimum Gasteiger partial charge on any atom is -0.363 e. The van der Waals surface area contributed by atoms with Gasteiger partial charge in [0.25, 0.3) is 10.0 Å². The number of nitrogens with one attached hydrogen (secondary N) is 2. The zero-order chi connectivity index (χ0) is 22.3. The summed E-state index contributed by atoms with van der Waals surface area (Å²) in [5.74, 6) is -1.24. The second kappa shape index (κ2) is 7.87. The van der Waals surface area contributed by atoms with Crippen LogP contribution in [0.3, 0.4) is 0 Å². The van der Waals surface area contributed by atoms with Gasteiger partial charge in [-0.25, -0.2) is 22.2 Å². The van der Waals surface area contributed by atoms with E-state index in [0.717, 1.165) is 25.0 Å². The van der Waals surface area contributed by atoms with Crippen LogP contribution in [0.25, 0.3) is 10.9 Å². The number of benzene rings is 3. The second-order valence-corrected chi connectivity index (χ2v) is 9.40. The van der Waals surface area contributed by atoms with Gasteiger partial charge in [0.1, 0.15) is 17.5 Å². The molecule has 0 radical (unpaired) electrons. The first-order valence-corrected chi connectivity index (χ1v) is 11.6. The van der Waals surface area contributed by atoms with E-state index in [4.69, 9.17) is 0 Å². The fourth-order valence-corrected chi connectivity index (χ4v) is 5.22. The van der Waals surface area contributed by atoms with E-state index in [2.05, 4.69) is 27.2 Å². The number of aryl methyl sites for hydroxylation is 1. The van der Waals surface area contributed by atoms with Crippen LogP contribution in [0.15, 0.2) is 77.7 Å². The van der Waals surface area contributed by atoms with E-state index in [1.807, 2.05) is 12.1 Å². The Morgan fingerprint density at radius 3 is 2.50 bits per heavy atom. The molecule has 1 aliphatic carbocycles. The van der Waals surface area contributed by atoms with Gasteiger partial charge in [-0.05, 0) is 60.4 Å². The summed E-state index contributed by atoms with van der Waals surface area (Å²) >= 11 is 0. The summed E-state index contributed by atoms with van der Waals surface area (Å²) in [5, 5.41) is 4.04. The van der Waals surface area contributed by atoms with E-state index >= 15 is 0 Å². The maximum absolute atomic E-state index is 13.5. The van der Waals surface area contributed by atoms with Crippen LogP contribution in [0.5, 0.6) is 0 Å². The number of hydrogen-bond donors (Lipinski definition) is 2. The highest BCUT2D eigenvalue weighted by atomic mass is 32.2. The van der Waals surface area contributed by atoms with Gasteiger partial charge in [0.15, 0.2) is 0 Å². The third-order valence-corrected chi connectivity index (χ3v) is 6.92. The van der Waals surface area contributed by atoms with Crippen LogP contribution in [-0.2, 0) is 16.4 Å². The molecule has 0 bridgehead atoms. The molecular weight excluding hydrogens is 432 g/mol. The molecule has 5 nitrogen and oxygen atoms in total. The molecule has 0 fully saturated rings. The van der Waals surface area contributed by atoms with Crippen molar-refractivity contribution in [1.29, 1.82) is 0 Å². The Kier molecular flexibility index (Phi) is 5.01. The van der Waals surface area contributed by atoms with E-state index in [0.29, 0.717) is 22.8 Å². The van der Waals surface area contributed by atoms with Crippen LogP contribution in [0.2, 0.25) is 0 Å². The summed E-state index contributed by atoms with van der Waals surface area (Å²) in [6.45, 7) is 0. The standard InChI is InChI=1S/C24H19F2N3O2S/c25-16-12-17(26)14-18(13-16)32(30,31)29-23-7-3-6-21-20(23)9-11-24(27-21)28-22-10-8-15-4-1-2-5-19(15)22/h1-7,9,11-14,22,29H,8,10H2,(H,27,28)/t22-/m1/s1. The van der Waals surface area contributed by atoms with Crippen molar-refractivity contribution in [3.8, 4) is 0 Å².